The third-order valence-corrected chi connectivity index (χ3v) is 4.32. The summed E-state index contributed by atoms with van der Waals surface area (Å²) < 4.78 is 11.4. The molecule has 0 aliphatic heterocycles. The number of nitrogens with one attached hydrogen (secondary N) is 1. The fraction of sp³-hybridized carbons (Fsp3) is 0.667. The molecular formula is C15H24N2O3. The van der Waals surface area contributed by atoms with Gasteiger partial charge in [0.2, 0.25) is 0 Å². The maximum Gasteiger partial charge on any atom is 0.301 e. The highest BCUT2D eigenvalue weighted by molar-refractivity contribution is 5.92. The van der Waals surface area contributed by atoms with Crippen molar-refractivity contribution in [2.45, 2.75) is 52.7 Å². The molecule has 0 spiro atoms. The van der Waals surface area contributed by atoms with Gasteiger partial charge in [0.05, 0.1) is 6.10 Å². The van der Waals surface area contributed by atoms with Crippen molar-refractivity contribution in [1.82, 2.24) is 5.43 Å². The van der Waals surface area contributed by atoms with Crippen molar-refractivity contribution in [2.75, 3.05) is 0 Å². The van der Waals surface area contributed by atoms with Crippen LogP contribution in [-0.4, -0.2) is 12.0 Å². The third-order valence-electron chi connectivity index (χ3n) is 4.32. The lowest BCUT2D eigenvalue weighted by Crippen LogP contribution is -2.30. The molecule has 1 fully saturated rings. The minimum Gasteiger partial charge on any atom is -0.453 e. The first kappa shape index (κ1) is 15.1. The number of hydrogen-bond donors (Lipinski definition) is 2. The molecule has 3 atom stereocenters. The zero-order valence-corrected chi connectivity index (χ0v) is 12.4. The Morgan fingerprint density at radius 3 is 2.85 bits per heavy atom. The molecule has 1 aromatic heterocycles. The van der Waals surface area contributed by atoms with Crippen molar-refractivity contribution < 1.29 is 13.9 Å². The van der Waals surface area contributed by atoms with Crippen molar-refractivity contribution in [1.29, 1.82) is 0 Å². The predicted molar refractivity (Wildman–Crippen MR) is 75.9 cm³/mol. The second kappa shape index (κ2) is 6.41. The average molecular weight is 280 g/mol. The lowest BCUT2D eigenvalue weighted by atomic mass is 9.80. The molecule has 1 aliphatic carbocycles. The molecule has 5 nitrogen and oxygen atoms in total. The Morgan fingerprint density at radius 2 is 2.20 bits per heavy atom. The number of aryl methyl sites for hydroxylation is 1. The fourth-order valence-electron chi connectivity index (χ4n) is 2.76. The van der Waals surface area contributed by atoms with Gasteiger partial charge in [-0.3, -0.25) is 10.2 Å². The van der Waals surface area contributed by atoms with Gasteiger partial charge in [0.1, 0.15) is 12.4 Å². The first-order valence-corrected chi connectivity index (χ1v) is 7.23. The molecule has 0 bridgehead atoms. The van der Waals surface area contributed by atoms with Gasteiger partial charge in [0.15, 0.2) is 5.76 Å². The fourth-order valence-corrected chi connectivity index (χ4v) is 2.76. The molecule has 1 heterocycles. The van der Waals surface area contributed by atoms with Crippen LogP contribution in [0.1, 0.15) is 55.0 Å². The molecule has 3 unspecified atom stereocenters. The summed E-state index contributed by atoms with van der Waals surface area (Å²) in [5, 5.41) is 0. The highest BCUT2D eigenvalue weighted by Crippen LogP contribution is 2.31. The molecule has 112 valence electrons. The van der Waals surface area contributed by atoms with Gasteiger partial charge in [0.25, 0.3) is 0 Å². The van der Waals surface area contributed by atoms with Crippen LogP contribution in [0.5, 0.6) is 0 Å². The molecule has 0 saturated heterocycles. The maximum absolute atomic E-state index is 11.5. The van der Waals surface area contributed by atoms with Gasteiger partial charge in [-0.05, 0) is 44.1 Å². The molecule has 1 aliphatic rings. The number of furan rings is 1. The molecular weight excluding hydrogens is 256 g/mol. The van der Waals surface area contributed by atoms with Crippen LogP contribution in [0.25, 0.3) is 0 Å². The van der Waals surface area contributed by atoms with E-state index in [1.807, 2.05) is 13.0 Å². The monoisotopic (exact) mass is 280 g/mol. The van der Waals surface area contributed by atoms with E-state index in [9.17, 15) is 4.79 Å². The number of ether oxygens (including phenoxy) is 1. The Balaban J connectivity index is 1.90. The summed E-state index contributed by atoms with van der Waals surface area (Å²) >= 11 is 0. The maximum atomic E-state index is 11.5. The Hall–Kier alpha value is -1.33. The lowest BCUT2D eigenvalue weighted by Gasteiger charge is -2.31. The lowest BCUT2D eigenvalue weighted by molar-refractivity contribution is -0.0141. The zero-order valence-electron chi connectivity index (χ0n) is 12.4. The zero-order chi connectivity index (χ0) is 14.7. The number of carbonyl (C=O) groups is 1. The largest absolute Gasteiger partial charge is 0.453 e. The summed E-state index contributed by atoms with van der Waals surface area (Å²) in [7, 11) is 0. The summed E-state index contributed by atoms with van der Waals surface area (Å²) in [4.78, 5) is 11.5. The highest BCUT2D eigenvalue weighted by Gasteiger charge is 2.25. The van der Waals surface area contributed by atoms with Crippen LogP contribution in [0.2, 0.25) is 0 Å². The van der Waals surface area contributed by atoms with Gasteiger partial charge in [-0.2, -0.15) is 0 Å². The normalized spacial score (nSPS) is 26.5. The van der Waals surface area contributed by atoms with Gasteiger partial charge >= 0.3 is 5.91 Å². The van der Waals surface area contributed by atoms with Crippen molar-refractivity contribution in [3.8, 4) is 0 Å². The van der Waals surface area contributed by atoms with Crippen LogP contribution in [-0.2, 0) is 11.3 Å². The first-order valence-electron chi connectivity index (χ1n) is 7.23. The number of amides is 1. The summed E-state index contributed by atoms with van der Waals surface area (Å²) in [6.45, 7) is 6.81. The van der Waals surface area contributed by atoms with Crippen LogP contribution in [0.15, 0.2) is 10.5 Å². The smallest absolute Gasteiger partial charge is 0.301 e. The number of carbonyl (C=O) groups excluding carboxylic acids is 1. The molecule has 2 rings (SSSR count). The molecule has 20 heavy (non-hydrogen) atoms. The Kier molecular flexibility index (Phi) is 4.83. The topological polar surface area (TPSA) is 77.5 Å². The minimum absolute atomic E-state index is 0.261. The number of nitrogen functional groups attached to an aromatic ring is 1. The van der Waals surface area contributed by atoms with E-state index in [-0.39, 0.29) is 5.76 Å². The SMILES string of the molecule is Cc1cc(COC2CCC(C)C(C)C2)oc1C(=O)NN. The van der Waals surface area contributed by atoms with Crippen molar-refractivity contribution in [3.63, 3.8) is 0 Å². The van der Waals surface area contributed by atoms with E-state index in [2.05, 4.69) is 19.3 Å². The summed E-state index contributed by atoms with van der Waals surface area (Å²) in [5.41, 5.74) is 2.85. The summed E-state index contributed by atoms with van der Waals surface area (Å²) in [6, 6.07) is 1.83. The predicted octanol–water partition coefficient (Wildman–Crippen LogP) is 2.53. The number of rotatable bonds is 4. The molecule has 0 radical (unpaired) electrons. The van der Waals surface area contributed by atoms with Gasteiger partial charge in [-0.25, -0.2) is 5.84 Å². The van der Waals surface area contributed by atoms with E-state index in [4.69, 9.17) is 15.0 Å². The van der Waals surface area contributed by atoms with Crippen molar-refractivity contribution >= 4 is 5.91 Å². The summed E-state index contributed by atoms with van der Waals surface area (Å²) in [6.07, 6.45) is 3.70. The third kappa shape index (κ3) is 3.41. The van der Waals surface area contributed by atoms with Crippen molar-refractivity contribution in [3.05, 3.63) is 23.2 Å². The molecule has 3 N–H and O–H groups in total. The average Bonchev–Trinajstić information content (AvgIpc) is 2.80. The standard InChI is InChI=1S/C15H24N2O3/c1-9-4-5-12(6-10(9)2)19-8-13-7-11(3)14(20-13)15(18)17-16/h7,9-10,12H,4-6,8,16H2,1-3H3,(H,17,18). The van der Waals surface area contributed by atoms with Gasteiger partial charge < -0.3 is 9.15 Å². The van der Waals surface area contributed by atoms with E-state index in [0.717, 1.165) is 24.3 Å². The van der Waals surface area contributed by atoms with Crippen LogP contribution in [0.4, 0.5) is 0 Å². The second-order valence-electron chi connectivity index (χ2n) is 5.90. The van der Waals surface area contributed by atoms with Gasteiger partial charge in [-0.15, -0.1) is 0 Å². The van der Waals surface area contributed by atoms with Crippen LogP contribution in [0.3, 0.4) is 0 Å². The Labute approximate surface area is 119 Å². The van der Waals surface area contributed by atoms with Crippen LogP contribution >= 0.6 is 0 Å². The Morgan fingerprint density at radius 1 is 1.45 bits per heavy atom. The van der Waals surface area contributed by atoms with Crippen LogP contribution in [0, 0.1) is 18.8 Å². The molecule has 1 aromatic rings. The number of hydrogen-bond acceptors (Lipinski definition) is 4. The van der Waals surface area contributed by atoms with Gasteiger partial charge in [-0.1, -0.05) is 13.8 Å². The van der Waals surface area contributed by atoms with Gasteiger partial charge in [0, 0.05) is 5.56 Å². The van der Waals surface area contributed by atoms with E-state index in [1.165, 1.54) is 6.42 Å². The number of nitrogens with two attached hydrogens (primary N) is 1. The van der Waals surface area contributed by atoms with E-state index >= 15 is 0 Å². The highest BCUT2D eigenvalue weighted by atomic mass is 16.5. The molecule has 1 amide bonds. The van der Waals surface area contributed by atoms with E-state index in [1.54, 1.807) is 0 Å². The summed E-state index contributed by atoms with van der Waals surface area (Å²) in [5.74, 6) is 7.11. The number of hydrazine groups is 1. The second-order valence-corrected chi connectivity index (χ2v) is 5.90. The molecule has 0 aromatic carbocycles. The van der Waals surface area contributed by atoms with Crippen LogP contribution < -0.4 is 11.3 Å². The van der Waals surface area contributed by atoms with Crippen molar-refractivity contribution in [2.24, 2.45) is 17.7 Å². The van der Waals surface area contributed by atoms with E-state index in [0.29, 0.717) is 24.4 Å². The minimum atomic E-state index is -0.408. The molecule has 5 heteroatoms. The Bertz CT molecular complexity index is 470. The quantitative estimate of drug-likeness (QED) is 0.505. The van der Waals surface area contributed by atoms with E-state index < -0.39 is 5.91 Å². The molecule has 1 saturated carbocycles. The first-order chi connectivity index (χ1) is 9.51.